The molecule has 0 heterocycles. The molecule has 0 bridgehead atoms. The largest absolute Gasteiger partial charge is 0.465 e. The molecule has 0 spiro atoms. The summed E-state index contributed by atoms with van der Waals surface area (Å²) in [6.07, 6.45) is -2.75. The van der Waals surface area contributed by atoms with E-state index in [1.54, 1.807) is 49.4 Å². The Morgan fingerprint density at radius 3 is 1.92 bits per heavy atom. The molecule has 2 atom stereocenters. The first kappa shape index (κ1) is 31.4. The summed E-state index contributed by atoms with van der Waals surface area (Å²) in [5, 5.41) is 1.05. The molecule has 2 unspecified atom stereocenters. The van der Waals surface area contributed by atoms with E-state index >= 15 is 0 Å². The minimum absolute atomic E-state index is 0.105. The fourth-order valence-electron chi connectivity index (χ4n) is 3.67. The van der Waals surface area contributed by atoms with Crippen molar-refractivity contribution in [2.45, 2.75) is 52.9 Å². The molecule has 212 valence electrons. The van der Waals surface area contributed by atoms with Gasteiger partial charge in [-0.25, -0.2) is 4.79 Å². The van der Waals surface area contributed by atoms with Crippen molar-refractivity contribution in [2.75, 3.05) is 13.2 Å². The predicted octanol–water partition coefficient (Wildman–Crippen LogP) is 3.30. The number of nitrogens with one attached hydrogen (secondary N) is 1. The molecule has 11 nitrogen and oxygen atoms in total. The lowest BCUT2D eigenvalue weighted by Crippen LogP contribution is -2.55. The molecule has 0 aliphatic heterocycles. The second-order valence-corrected chi connectivity index (χ2v) is 9.78. The maximum Gasteiger partial charge on any atom is 0.407 e. The molecule has 0 fully saturated rings. The van der Waals surface area contributed by atoms with Crippen LogP contribution in [0.15, 0.2) is 54.6 Å². The highest BCUT2D eigenvalue weighted by Gasteiger charge is 2.45. The van der Waals surface area contributed by atoms with Crippen molar-refractivity contribution < 1.29 is 46.0 Å². The number of hydrogen-bond donors (Lipinski definition) is 1. The van der Waals surface area contributed by atoms with Gasteiger partial charge in [0.2, 0.25) is 0 Å². The summed E-state index contributed by atoms with van der Waals surface area (Å²) in [6.45, 7) is 5.71. The monoisotopic (exact) mass is 563 g/mol. The number of ether oxygens (including phenoxy) is 3. The van der Waals surface area contributed by atoms with Gasteiger partial charge in [0.05, 0.1) is 25.4 Å². The molecule has 0 saturated carbocycles. The number of alkyl carbamates (subject to hydrolysis) is 1. The van der Waals surface area contributed by atoms with Crippen LogP contribution in [0.3, 0.4) is 0 Å². The van der Waals surface area contributed by atoms with Crippen LogP contribution in [0.25, 0.3) is 0 Å². The van der Waals surface area contributed by atoms with E-state index in [0.29, 0.717) is 11.1 Å². The van der Waals surface area contributed by atoms with Gasteiger partial charge in [0.15, 0.2) is 5.92 Å². The number of carbonyl (C=O) groups is 4. The summed E-state index contributed by atoms with van der Waals surface area (Å²) in [5.41, 5.74) is 0.954. The Bertz CT molecular complexity index is 1230. The third-order valence-corrected chi connectivity index (χ3v) is 6.76. The van der Waals surface area contributed by atoms with Crippen LogP contribution in [0, 0.1) is 12.8 Å². The third-order valence-electron chi connectivity index (χ3n) is 5.58. The van der Waals surface area contributed by atoms with Gasteiger partial charge in [-0.2, -0.15) is 8.42 Å². The van der Waals surface area contributed by atoms with E-state index in [1.807, 2.05) is 0 Å². The van der Waals surface area contributed by atoms with Crippen LogP contribution in [0.1, 0.15) is 48.7 Å². The molecule has 12 heteroatoms. The van der Waals surface area contributed by atoms with Crippen molar-refractivity contribution >= 4 is 33.3 Å². The van der Waals surface area contributed by atoms with E-state index in [4.69, 9.17) is 18.4 Å². The Balaban J connectivity index is 2.42. The maximum atomic E-state index is 13.0. The molecule has 2 aromatic rings. The molecule has 0 aromatic heterocycles. The van der Waals surface area contributed by atoms with E-state index in [2.05, 4.69) is 5.32 Å². The molecule has 2 rings (SSSR count). The van der Waals surface area contributed by atoms with E-state index in [1.165, 1.54) is 32.9 Å². The van der Waals surface area contributed by atoms with E-state index < -0.39 is 51.3 Å². The summed E-state index contributed by atoms with van der Waals surface area (Å²) in [7, 11) is -4.93. The van der Waals surface area contributed by atoms with Crippen molar-refractivity contribution in [1.82, 2.24) is 5.32 Å². The normalized spacial score (nSPS) is 12.7. The molecule has 0 radical (unpaired) electrons. The highest BCUT2D eigenvalue weighted by molar-refractivity contribution is 8.02. The van der Waals surface area contributed by atoms with Crippen LogP contribution in [0.5, 0.6) is 0 Å². The van der Waals surface area contributed by atoms with Crippen molar-refractivity contribution in [3.05, 3.63) is 71.3 Å². The lowest BCUT2D eigenvalue weighted by Gasteiger charge is -2.30. The van der Waals surface area contributed by atoms with E-state index in [-0.39, 0.29) is 31.8 Å². The average Bonchev–Trinajstić information content (AvgIpc) is 2.91. The van der Waals surface area contributed by atoms with Crippen LogP contribution < -0.4 is 5.32 Å². The molecule has 2 aromatic carbocycles. The molecular formula is C27H33NO10S. The Labute approximate surface area is 227 Å². The maximum absolute atomic E-state index is 13.0. The van der Waals surface area contributed by atoms with Gasteiger partial charge < -0.3 is 19.5 Å². The number of benzene rings is 2. The number of carbonyl (C=O) groups excluding carboxylic acids is 4. The van der Waals surface area contributed by atoms with Crippen molar-refractivity contribution in [2.24, 2.45) is 5.92 Å². The predicted molar refractivity (Wildman–Crippen MR) is 140 cm³/mol. The Kier molecular flexibility index (Phi) is 12.1. The van der Waals surface area contributed by atoms with Crippen LogP contribution in [-0.2, 0) is 44.7 Å². The van der Waals surface area contributed by atoms with Gasteiger partial charge in [0, 0.05) is 5.56 Å². The Hall–Kier alpha value is -3.77. The minimum Gasteiger partial charge on any atom is -0.465 e. The summed E-state index contributed by atoms with van der Waals surface area (Å²) >= 11 is 0. The zero-order valence-electron chi connectivity index (χ0n) is 22.2. The van der Waals surface area contributed by atoms with E-state index in [0.717, 1.165) is 0 Å². The Morgan fingerprint density at radius 2 is 1.38 bits per heavy atom. The third kappa shape index (κ3) is 8.89. The van der Waals surface area contributed by atoms with Gasteiger partial charge in [-0.3, -0.25) is 18.6 Å². The fourth-order valence-corrected chi connectivity index (χ4v) is 4.84. The minimum atomic E-state index is -4.93. The van der Waals surface area contributed by atoms with Gasteiger partial charge >= 0.3 is 33.3 Å². The van der Waals surface area contributed by atoms with Crippen LogP contribution >= 0.6 is 0 Å². The van der Waals surface area contributed by atoms with Crippen molar-refractivity contribution in [3.8, 4) is 0 Å². The zero-order chi connectivity index (χ0) is 29.0. The quantitative estimate of drug-likeness (QED) is 0.166. The van der Waals surface area contributed by atoms with Gasteiger partial charge in [-0.05, 0) is 44.4 Å². The van der Waals surface area contributed by atoms with Crippen LogP contribution in [0.4, 0.5) is 4.79 Å². The molecule has 0 aliphatic carbocycles. The standard InChI is InChI=1S/C27H33NO10S/c1-5-21(38-39(33,34)26(31)20-16-12-11-13-18(20)4)23(22(24(29)35-6-2)25(30)36-7-3)28-27(32)37-17-19-14-9-8-10-15-19/h8-16,21-23H,5-7,17H2,1-4H3,(H,28,32). The smallest absolute Gasteiger partial charge is 0.407 e. The summed E-state index contributed by atoms with van der Waals surface area (Å²) in [4.78, 5) is 51.4. The molecule has 39 heavy (non-hydrogen) atoms. The van der Waals surface area contributed by atoms with Crippen LogP contribution in [-0.4, -0.2) is 56.9 Å². The highest BCUT2D eigenvalue weighted by Crippen LogP contribution is 2.22. The first-order valence-electron chi connectivity index (χ1n) is 12.4. The first-order valence-corrected chi connectivity index (χ1v) is 13.8. The topological polar surface area (TPSA) is 151 Å². The van der Waals surface area contributed by atoms with Gasteiger partial charge in [0.1, 0.15) is 6.61 Å². The highest BCUT2D eigenvalue weighted by atomic mass is 32.2. The number of hydrogen-bond acceptors (Lipinski definition) is 10. The van der Waals surface area contributed by atoms with Crippen molar-refractivity contribution in [1.29, 1.82) is 0 Å². The lowest BCUT2D eigenvalue weighted by molar-refractivity contribution is -0.164. The molecular weight excluding hydrogens is 530 g/mol. The molecule has 1 N–H and O–H groups in total. The summed E-state index contributed by atoms with van der Waals surface area (Å²) < 4.78 is 46.5. The van der Waals surface area contributed by atoms with Gasteiger partial charge in [-0.15, -0.1) is 0 Å². The fraction of sp³-hybridized carbons (Fsp3) is 0.407. The first-order chi connectivity index (χ1) is 18.5. The number of amides is 1. The molecule has 1 amide bonds. The van der Waals surface area contributed by atoms with Gasteiger partial charge in [0.25, 0.3) is 0 Å². The Morgan fingerprint density at radius 1 is 0.821 bits per heavy atom. The number of aryl methyl sites for hydroxylation is 1. The van der Waals surface area contributed by atoms with Crippen molar-refractivity contribution in [3.63, 3.8) is 0 Å². The average molecular weight is 564 g/mol. The summed E-state index contributed by atoms with van der Waals surface area (Å²) in [5.74, 6) is -3.97. The number of rotatable bonds is 13. The SMILES string of the molecule is CCOC(=O)C(C(=O)OCC)C(NC(=O)OCc1ccccc1)C(CC)OS(=O)(=O)C(=O)c1ccccc1C. The van der Waals surface area contributed by atoms with Crippen LogP contribution in [0.2, 0.25) is 0 Å². The second-order valence-electron chi connectivity index (χ2n) is 8.31. The van der Waals surface area contributed by atoms with E-state index in [9.17, 15) is 27.6 Å². The molecule has 0 aliphatic rings. The zero-order valence-corrected chi connectivity index (χ0v) is 23.1. The van der Waals surface area contributed by atoms with Gasteiger partial charge in [-0.1, -0.05) is 55.5 Å². The lowest BCUT2D eigenvalue weighted by atomic mass is 9.93. The number of esters is 2. The summed E-state index contributed by atoms with van der Waals surface area (Å²) in [6, 6.07) is 13.1. The second kappa shape index (κ2) is 15.0. The molecule has 0 saturated heterocycles.